The Morgan fingerprint density at radius 2 is 2.18 bits per heavy atom. The van der Waals surface area contributed by atoms with E-state index in [2.05, 4.69) is 4.98 Å². The Morgan fingerprint density at radius 1 is 1.53 bits per heavy atom. The summed E-state index contributed by atoms with van der Waals surface area (Å²) in [5, 5.41) is 12.7. The Balaban J connectivity index is 2.23. The monoisotopic (exact) mass is 255 g/mol. The van der Waals surface area contributed by atoms with Crippen LogP contribution in [0.2, 0.25) is 0 Å². The van der Waals surface area contributed by atoms with Gasteiger partial charge in [0, 0.05) is 23.9 Å². The quantitative estimate of drug-likeness (QED) is 0.820. The van der Waals surface area contributed by atoms with Gasteiger partial charge in [0.05, 0.1) is 5.60 Å². The molecule has 2 heterocycles. The highest BCUT2D eigenvalue weighted by Gasteiger charge is 2.48. The number of rotatable bonds is 2. The lowest BCUT2D eigenvalue weighted by Gasteiger charge is -2.30. The lowest BCUT2D eigenvalue weighted by atomic mass is 9.79. The van der Waals surface area contributed by atoms with Crippen LogP contribution >= 0.6 is 11.3 Å². The number of anilines is 1. The molecule has 1 aliphatic heterocycles. The highest BCUT2D eigenvalue weighted by atomic mass is 32.1. The molecular weight excluding hydrogens is 238 g/mol. The van der Waals surface area contributed by atoms with Crippen molar-refractivity contribution < 1.29 is 9.90 Å². The number of nitrogens with zero attached hydrogens (tertiary/aromatic N) is 2. The van der Waals surface area contributed by atoms with Gasteiger partial charge in [-0.15, -0.1) is 11.3 Å². The van der Waals surface area contributed by atoms with Crippen LogP contribution in [0.3, 0.4) is 0 Å². The summed E-state index contributed by atoms with van der Waals surface area (Å²) in [5.41, 5.74) is 4.49. The molecule has 1 aliphatic rings. The van der Waals surface area contributed by atoms with Crippen molar-refractivity contribution in [3.8, 4) is 0 Å². The van der Waals surface area contributed by atoms with Gasteiger partial charge in [0.25, 0.3) is 5.91 Å². The van der Waals surface area contributed by atoms with Crippen LogP contribution in [0.15, 0.2) is 5.38 Å². The van der Waals surface area contributed by atoms with Crippen molar-refractivity contribution in [3.05, 3.63) is 11.1 Å². The first-order chi connectivity index (χ1) is 7.73. The van der Waals surface area contributed by atoms with Crippen LogP contribution in [0.25, 0.3) is 0 Å². The number of hydrogen-bond acceptors (Lipinski definition) is 5. The fourth-order valence-electron chi connectivity index (χ4n) is 1.95. The molecule has 1 fully saturated rings. The first kappa shape index (κ1) is 12.3. The largest absolute Gasteiger partial charge is 0.388 e. The minimum absolute atomic E-state index is 0.203. The summed E-state index contributed by atoms with van der Waals surface area (Å²) in [5.74, 6) is -0.516. The van der Waals surface area contributed by atoms with E-state index in [1.54, 1.807) is 5.38 Å². The second-order valence-electron chi connectivity index (χ2n) is 5.39. The minimum atomic E-state index is -0.758. The van der Waals surface area contributed by atoms with Crippen molar-refractivity contribution in [1.82, 2.24) is 4.98 Å². The number of carbonyl (C=O) groups is 1. The average molecular weight is 255 g/mol. The SMILES string of the molecule is CC1(C)CN(c2nc(C(N)=O)cs2)C[C@@]1(C)O. The molecule has 1 atom stereocenters. The van der Waals surface area contributed by atoms with E-state index in [0.717, 1.165) is 5.13 Å². The second kappa shape index (κ2) is 3.68. The molecule has 17 heavy (non-hydrogen) atoms. The zero-order chi connectivity index (χ0) is 12.8. The Labute approximate surface area is 104 Å². The Kier molecular flexibility index (Phi) is 2.67. The standard InChI is InChI=1S/C11H17N3O2S/c1-10(2)5-14(6-11(10,3)16)9-13-7(4-17-9)8(12)15/h4,16H,5-6H2,1-3H3,(H2,12,15)/t11-/m1/s1. The van der Waals surface area contributed by atoms with Gasteiger partial charge in [-0.3, -0.25) is 4.79 Å². The average Bonchev–Trinajstić information content (AvgIpc) is 2.70. The molecule has 0 radical (unpaired) electrons. The minimum Gasteiger partial charge on any atom is -0.388 e. The van der Waals surface area contributed by atoms with Gasteiger partial charge in [-0.25, -0.2) is 4.98 Å². The normalized spacial score (nSPS) is 27.4. The van der Waals surface area contributed by atoms with Crippen molar-refractivity contribution in [2.75, 3.05) is 18.0 Å². The van der Waals surface area contributed by atoms with E-state index >= 15 is 0 Å². The van der Waals surface area contributed by atoms with E-state index in [0.29, 0.717) is 13.1 Å². The van der Waals surface area contributed by atoms with Gasteiger partial charge in [0.15, 0.2) is 5.13 Å². The maximum atomic E-state index is 11.0. The molecule has 0 aliphatic carbocycles. The number of aliphatic hydroxyl groups is 1. The summed E-state index contributed by atoms with van der Waals surface area (Å²) in [6, 6.07) is 0. The number of hydrogen-bond donors (Lipinski definition) is 2. The lowest BCUT2D eigenvalue weighted by Crippen LogP contribution is -2.40. The number of aromatic nitrogens is 1. The molecule has 0 unspecified atom stereocenters. The van der Waals surface area contributed by atoms with Gasteiger partial charge >= 0.3 is 0 Å². The Hall–Kier alpha value is -1.14. The van der Waals surface area contributed by atoms with Crippen LogP contribution in [0, 0.1) is 5.41 Å². The van der Waals surface area contributed by atoms with E-state index in [-0.39, 0.29) is 11.1 Å². The summed E-state index contributed by atoms with van der Waals surface area (Å²) >= 11 is 1.38. The molecular formula is C11H17N3O2S. The third-order valence-electron chi connectivity index (χ3n) is 3.56. The van der Waals surface area contributed by atoms with Crippen LogP contribution in [-0.2, 0) is 0 Å². The fourth-order valence-corrected chi connectivity index (χ4v) is 2.76. The molecule has 1 aromatic heterocycles. The summed E-state index contributed by atoms with van der Waals surface area (Å²) < 4.78 is 0. The van der Waals surface area contributed by atoms with Crippen molar-refractivity contribution in [3.63, 3.8) is 0 Å². The van der Waals surface area contributed by atoms with Gasteiger partial charge in [0.2, 0.25) is 0 Å². The van der Waals surface area contributed by atoms with Gasteiger partial charge in [-0.05, 0) is 6.92 Å². The third-order valence-corrected chi connectivity index (χ3v) is 4.46. The third kappa shape index (κ3) is 2.02. The fraction of sp³-hybridized carbons (Fsp3) is 0.636. The molecule has 5 nitrogen and oxygen atoms in total. The molecule has 0 spiro atoms. The summed E-state index contributed by atoms with van der Waals surface area (Å²) in [4.78, 5) is 17.2. The van der Waals surface area contributed by atoms with Crippen LogP contribution in [0.1, 0.15) is 31.3 Å². The maximum Gasteiger partial charge on any atom is 0.268 e. The summed E-state index contributed by atoms with van der Waals surface area (Å²) in [7, 11) is 0. The summed E-state index contributed by atoms with van der Waals surface area (Å²) in [6.07, 6.45) is 0. The summed E-state index contributed by atoms with van der Waals surface area (Å²) in [6.45, 7) is 7.11. The van der Waals surface area contributed by atoms with Crippen LogP contribution in [0.4, 0.5) is 5.13 Å². The van der Waals surface area contributed by atoms with Crippen LogP contribution < -0.4 is 10.6 Å². The predicted octanol–water partition coefficient (Wildman–Crippen LogP) is 0.839. The van der Waals surface area contributed by atoms with E-state index < -0.39 is 11.5 Å². The first-order valence-electron chi connectivity index (χ1n) is 5.46. The maximum absolute atomic E-state index is 11.0. The Bertz CT molecular complexity index is 437. The molecule has 6 heteroatoms. The first-order valence-corrected chi connectivity index (χ1v) is 6.33. The van der Waals surface area contributed by atoms with Gasteiger partial charge in [-0.2, -0.15) is 0 Å². The van der Waals surface area contributed by atoms with E-state index in [9.17, 15) is 9.90 Å². The zero-order valence-corrected chi connectivity index (χ0v) is 11.0. The number of primary amides is 1. The van der Waals surface area contributed by atoms with E-state index in [1.807, 2.05) is 25.7 Å². The molecule has 2 rings (SSSR count). The molecule has 0 aromatic carbocycles. The van der Waals surface area contributed by atoms with Gasteiger partial charge in [-0.1, -0.05) is 13.8 Å². The van der Waals surface area contributed by atoms with Crippen molar-refractivity contribution in [1.29, 1.82) is 0 Å². The molecule has 0 bridgehead atoms. The van der Waals surface area contributed by atoms with Crippen LogP contribution in [-0.4, -0.2) is 34.7 Å². The molecule has 94 valence electrons. The topological polar surface area (TPSA) is 79.5 Å². The number of nitrogens with two attached hydrogens (primary N) is 1. The van der Waals surface area contributed by atoms with E-state index in [1.165, 1.54) is 11.3 Å². The lowest BCUT2D eigenvalue weighted by molar-refractivity contribution is -0.00890. The van der Waals surface area contributed by atoms with Crippen molar-refractivity contribution in [2.24, 2.45) is 11.1 Å². The Morgan fingerprint density at radius 3 is 2.59 bits per heavy atom. The number of carbonyl (C=O) groups excluding carboxylic acids is 1. The van der Waals surface area contributed by atoms with Crippen LogP contribution in [0.5, 0.6) is 0 Å². The zero-order valence-electron chi connectivity index (χ0n) is 10.2. The molecule has 1 amide bonds. The van der Waals surface area contributed by atoms with Gasteiger partial charge in [0.1, 0.15) is 5.69 Å². The highest BCUT2D eigenvalue weighted by molar-refractivity contribution is 7.13. The van der Waals surface area contributed by atoms with E-state index in [4.69, 9.17) is 5.73 Å². The van der Waals surface area contributed by atoms with Crippen molar-refractivity contribution in [2.45, 2.75) is 26.4 Å². The molecule has 3 N–H and O–H groups in total. The number of thiazole rings is 1. The predicted molar refractivity (Wildman–Crippen MR) is 67.2 cm³/mol. The smallest absolute Gasteiger partial charge is 0.268 e. The second-order valence-corrected chi connectivity index (χ2v) is 6.23. The van der Waals surface area contributed by atoms with Gasteiger partial charge < -0.3 is 15.7 Å². The van der Waals surface area contributed by atoms with Crippen molar-refractivity contribution >= 4 is 22.4 Å². The highest BCUT2D eigenvalue weighted by Crippen LogP contribution is 2.41. The molecule has 1 aromatic rings. The molecule has 0 saturated carbocycles. The molecule has 1 saturated heterocycles. The number of β-amino-alcohol motifs (C(OH)–C–C–N with tert-alkyl or cyclic N) is 1. The number of amides is 1.